The van der Waals surface area contributed by atoms with Crippen LogP contribution >= 0.6 is 0 Å². The van der Waals surface area contributed by atoms with Gasteiger partial charge in [-0.25, -0.2) is 0 Å². The van der Waals surface area contributed by atoms with Crippen molar-refractivity contribution in [2.45, 2.75) is 0 Å². The van der Waals surface area contributed by atoms with Crippen molar-refractivity contribution in [3.05, 3.63) is 54.8 Å². The molecule has 0 spiro atoms. The highest BCUT2D eigenvalue weighted by atomic mass is 16.3. The Morgan fingerprint density at radius 1 is 0.944 bits per heavy atom. The van der Waals surface area contributed by atoms with E-state index in [9.17, 15) is 0 Å². The van der Waals surface area contributed by atoms with Crippen molar-refractivity contribution < 1.29 is 4.42 Å². The number of hydrogen-bond donors (Lipinski definition) is 1. The summed E-state index contributed by atoms with van der Waals surface area (Å²) in [4.78, 5) is 0. The molecule has 0 unspecified atom stereocenters. The molecule has 0 aliphatic rings. The average molecular weight is 237 g/mol. The molecule has 0 radical (unpaired) electrons. The molecule has 2 N–H and O–H groups in total. The fraction of sp³-hybridized carbons (Fsp3) is 0. The van der Waals surface area contributed by atoms with Gasteiger partial charge in [0.1, 0.15) is 5.69 Å². The highest BCUT2D eigenvalue weighted by Gasteiger charge is 2.09. The Kier molecular flexibility index (Phi) is 2.53. The highest BCUT2D eigenvalue weighted by Crippen LogP contribution is 2.27. The smallest absolute Gasteiger partial charge is 0.154 e. The second-order valence-corrected chi connectivity index (χ2v) is 3.87. The highest BCUT2D eigenvalue weighted by molar-refractivity contribution is 5.76. The minimum atomic E-state index is 0.413. The number of nitrogens with two attached hydrogens (primary N) is 1. The largest absolute Gasteiger partial charge is 0.463 e. The summed E-state index contributed by atoms with van der Waals surface area (Å²) >= 11 is 0. The number of hydrogen-bond acceptors (Lipinski definition) is 4. The van der Waals surface area contributed by atoms with Gasteiger partial charge in [-0.2, -0.15) is 0 Å². The van der Waals surface area contributed by atoms with Crippen LogP contribution in [0, 0.1) is 0 Å². The molecular weight excluding hydrogens is 226 g/mol. The summed E-state index contributed by atoms with van der Waals surface area (Å²) in [5.41, 5.74) is 8.41. The number of benzene rings is 1. The molecule has 0 amide bonds. The Morgan fingerprint density at radius 2 is 1.78 bits per heavy atom. The predicted octanol–water partition coefficient (Wildman–Crippen LogP) is 2.99. The van der Waals surface area contributed by atoms with Crippen molar-refractivity contribution >= 4 is 5.82 Å². The molecule has 0 atom stereocenters. The van der Waals surface area contributed by atoms with E-state index in [0.29, 0.717) is 17.3 Å². The summed E-state index contributed by atoms with van der Waals surface area (Å²) in [6.07, 6.45) is 1.61. The first-order chi connectivity index (χ1) is 8.84. The first-order valence-electron chi connectivity index (χ1n) is 5.57. The third-order valence-electron chi connectivity index (χ3n) is 2.68. The van der Waals surface area contributed by atoms with E-state index >= 15 is 0 Å². The molecule has 1 aromatic carbocycles. The summed E-state index contributed by atoms with van der Waals surface area (Å²) in [6.45, 7) is 0. The van der Waals surface area contributed by atoms with E-state index in [1.807, 2.05) is 48.5 Å². The molecule has 0 fully saturated rings. The third kappa shape index (κ3) is 1.84. The number of aromatic nitrogens is 2. The van der Waals surface area contributed by atoms with Crippen molar-refractivity contribution in [1.82, 2.24) is 10.2 Å². The number of rotatable bonds is 2. The maximum atomic E-state index is 5.87. The van der Waals surface area contributed by atoms with Crippen molar-refractivity contribution in [3.8, 4) is 22.6 Å². The van der Waals surface area contributed by atoms with Crippen molar-refractivity contribution in [2.24, 2.45) is 0 Å². The summed E-state index contributed by atoms with van der Waals surface area (Å²) in [7, 11) is 0. The minimum absolute atomic E-state index is 0.413. The van der Waals surface area contributed by atoms with Gasteiger partial charge in [0.25, 0.3) is 0 Å². The van der Waals surface area contributed by atoms with E-state index in [1.165, 1.54) is 0 Å². The molecule has 3 rings (SSSR count). The first kappa shape index (κ1) is 10.5. The topological polar surface area (TPSA) is 64.9 Å². The van der Waals surface area contributed by atoms with Crippen LogP contribution in [0.4, 0.5) is 5.82 Å². The van der Waals surface area contributed by atoms with Crippen molar-refractivity contribution in [2.75, 3.05) is 5.73 Å². The molecule has 4 heteroatoms. The second-order valence-electron chi connectivity index (χ2n) is 3.87. The number of nitrogen functional groups attached to an aromatic ring is 1. The Bertz CT molecular complexity index is 648. The molecule has 2 aromatic heterocycles. The van der Waals surface area contributed by atoms with Gasteiger partial charge in [-0.1, -0.05) is 30.3 Å². The van der Waals surface area contributed by atoms with E-state index in [-0.39, 0.29) is 0 Å². The lowest BCUT2D eigenvalue weighted by Crippen LogP contribution is -1.98. The van der Waals surface area contributed by atoms with Gasteiger partial charge in [-0.15, -0.1) is 10.2 Å². The van der Waals surface area contributed by atoms with Crippen molar-refractivity contribution in [3.63, 3.8) is 0 Å². The van der Waals surface area contributed by atoms with Crippen LogP contribution in [-0.2, 0) is 0 Å². The first-order valence-corrected chi connectivity index (χ1v) is 5.57. The lowest BCUT2D eigenvalue weighted by atomic mass is 10.1. The van der Waals surface area contributed by atoms with Gasteiger partial charge in [0.15, 0.2) is 11.6 Å². The third-order valence-corrected chi connectivity index (χ3v) is 2.68. The van der Waals surface area contributed by atoms with Gasteiger partial charge in [0.05, 0.1) is 6.26 Å². The van der Waals surface area contributed by atoms with E-state index in [1.54, 1.807) is 6.26 Å². The van der Waals surface area contributed by atoms with Crippen LogP contribution in [0.25, 0.3) is 22.6 Å². The Morgan fingerprint density at radius 3 is 2.50 bits per heavy atom. The van der Waals surface area contributed by atoms with Gasteiger partial charge in [-0.05, 0) is 23.8 Å². The monoisotopic (exact) mass is 237 g/mol. The minimum Gasteiger partial charge on any atom is -0.463 e. The summed E-state index contributed by atoms with van der Waals surface area (Å²) in [5.74, 6) is 1.09. The zero-order chi connectivity index (χ0) is 12.4. The molecule has 18 heavy (non-hydrogen) atoms. The van der Waals surface area contributed by atoms with Crippen LogP contribution in [-0.4, -0.2) is 10.2 Å². The van der Waals surface area contributed by atoms with Gasteiger partial charge in [0, 0.05) is 5.56 Å². The normalized spacial score (nSPS) is 10.4. The second kappa shape index (κ2) is 4.33. The molecule has 0 saturated heterocycles. The lowest BCUT2D eigenvalue weighted by molar-refractivity contribution is 0.579. The molecule has 4 nitrogen and oxygen atoms in total. The molecule has 2 heterocycles. The molecule has 0 aliphatic heterocycles. The Balaban J connectivity index is 2.13. The summed E-state index contributed by atoms with van der Waals surface area (Å²) in [5, 5.41) is 8.02. The van der Waals surface area contributed by atoms with Crippen LogP contribution in [0.5, 0.6) is 0 Å². The predicted molar refractivity (Wildman–Crippen MR) is 69.6 cm³/mol. The van der Waals surface area contributed by atoms with E-state index in [4.69, 9.17) is 10.2 Å². The maximum absolute atomic E-state index is 5.87. The average Bonchev–Trinajstić information content (AvgIpc) is 2.94. The van der Waals surface area contributed by atoms with Crippen LogP contribution in [0.3, 0.4) is 0 Å². The molecule has 0 aliphatic carbocycles. The number of furan rings is 1. The maximum Gasteiger partial charge on any atom is 0.154 e. The van der Waals surface area contributed by atoms with E-state index < -0.39 is 0 Å². The van der Waals surface area contributed by atoms with Crippen LogP contribution in [0.2, 0.25) is 0 Å². The Labute approximate surface area is 104 Å². The van der Waals surface area contributed by atoms with Crippen LogP contribution in [0.15, 0.2) is 59.2 Å². The van der Waals surface area contributed by atoms with E-state index in [2.05, 4.69) is 10.2 Å². The summed E-state index contributed by atoms with van der Waals surface area (Å²) in [6, 6.07) is 15.4. The van der Waals surface area contributed by atoms with Gasteiger partial charge in [-0.3, -0.25) is 0 Å². The molecule has 0 saturated carbocycles. The zero-order valence-corrected chi connectivity index (χ0v) is 9.58. The fourth-order valence-corrected chi connectivity index (χ4v) is 1.79. The number of nitrogens with zero attached hydrogens (tertiary/aromatic N) is 2. The lowest BCUT2D eigenvalue weighted by Gasteiger charge is -2.05. The van der Waals surface area contributed by atoms with Crippen molar-refractivity contribution in [1.29, 1.82) is 0 Å². The standard InChI is InChI=1S/C14H11N3O/c15-14-11(10-5-2-1-3-6-10)9-12(16-17-14)13-7-4-8-18-13/h1-9H,(H2,15,17). The van der Waals surface area contributed by atoms with Gasteiger partial charge in [0.2, 0.25) is 0 Å². The molecule has 88 valence electrons. The van der Waals surface area contributed by atoms with Crippen LogP contribution < -0.4 is 5.73 Å². The zero-order valence-electron chi connectivity index (χ0n) is 9.58. The van der Waals surface area contributed by atoms with Crippen LogP contribution in [0.1, 0.15) is 0 Å². The number of anilines is 1. The molecule has 0 bridgehead atoms. The fourth-order valence-electron chi connectivity index (χ4n) is 1.79. The van der Waals surface area contributed by atoms with E-state index in [0.717, 1.165) is 11.1 Å². The quantitative estimate of drug-likeness (QED) is 0.744. The molecular formula is C14H11N3O. The Hall–Kier alpha value is -2.62. The summed E-state index contributed by atoms with van der Waals surface area (Å²) < 4.78 is 5.31. The van der Waals surface area contributed by atoms with Gasteiger partial charge >= 0.3 is 0 Å². The SMILES string of the molecule is Nc1nnc(-c2ccco2)cc1-c1ccccc1. The molecule has 3 aromatic rings. The van der Waals surface area contributed by atoms with Gasteiger partial charge < -0.3 is 10.2 Å².